The smallest absolute Gasteiger partial charge is 0.347 e. The van der Waals surface area contributed by atoms with Crippen LogP contribution in [0, 0.1) is 0 Å². The fourth-order valence-corrected chi connectivity index (χ4v) is 3.90. The molecule has 1 heterocycles. The van der Waals surface area contributed by atoms with E-state index in [1.807, 2.05) is 36.4 Å². The number of ether oxygens (including phenoxy) is 3. The van der Waals surface area contributed by atoms with Gasteiger partial charge in [0.25, 0.3) is 0 Å². The van der Waals surface area contributed by atoms with Crippen molar-refractivity contribution in [2.75, 3.05) is 13.7 Å². The van der Waals surface area contributed by atoms with Crippen molar-refractivity contribution in [2.24, 2.45) is 0 Å². The van der Waals surface area contributed by atoms with Crippen molar-refractivity contribution in [2.45, 2.75) is 25.4 Å². The zero-order valence-electron chi connectivity index (χ0n) is 21.5. The molecular weight excluding hydrogens is 482 g/mol. The summed E-state index contributed by atoms with van der Waals surface area (Å²) in [6.07, 6.45) is 1.44. The number of hydrogen-bond acceptors (Lipinski definition) is 6. The second-order valence-electron chi connectivity index (χ2n) is 9.18. The molecule has 0 saturated carbocycles. The maximum absolute atomic E-state index is 13.3. The maximum Gasteiger partial charge on any atom is 0.347 e. The Balaban J connectivity index is 1.53. The minimum atomic E-state index is -1.55. The number of benzene rings is 3. The molecule has 4 aromatic rings. The summed E-state index contributed by atoms with van der Waals surface area (Å²) in [6.45, 7) is 3.19. The molecule has 0 radical (unpaired) electrons. The minimum Gasteiger partial charge on any atom is -0.497 e. The summed E-state index contributed by atoms with van der Waals surface area (Å²) < 4.78 is 17.0. The Hall–Kier alpha value is -4.65. The highest BCUT2D eigenvalue weighted by molar-refractivity contribution is 6.10. The van der Waals surface area contributed by atoms with Gasteiger partial charge in [-0.05, 0) is 43.2 Å². The fraction of sp³-hybridized carbons (Fsp3) is 0.194. The molecule has 0 unspecified atom stereocenters. The van der Waals surface area contributed by atoms with E-state index in [0.717, 1.165) is 11.1 Å². The third-order valence-electron chi connectivity index (χ3n) is 6.11. The van der Waals surface area contributed by atoms with Gasteiger partial charge in [0.2, 0.25) is 5.88 Å². The summed E-state index contributed by atoms with van der Waals surface area (Å²) in [5, 5.41) is 9.48. The van der Waals surface area contributed by atoms with E-state index < -0.39 is 11.6 Å². The fourth-order valence-electron chi connectivity index (χ4n) is 3.90. The minimum absolute atomic E-state index is 0.0112. The number of hydrogen-bond donors (Lipinski definition) is 1. The van der Waals surface area contributed by atoms with Crippen molar-refractivity contribution in [1.82, 2.24) is 4.98 Å². The number of ketones is 1. The van der Waals surface area contributed by atoms with Crippen LogP contribution in [0.5, 0.6) is 17.4 Å². The summed E-state index contributed by atoms with van der Waals surface area (Å²) in [6, 6.07) is 28.1. The van der Waals surface area contributed by atoms with Gasteiger partial charge in [0.15, 0.2) is 11.4 Å². The monoisotopic (exact) mass is 511 g/mol. The number of aliphatic carboxylic acids is 1. The van der Waals surface area contributed by atoms with Crippen LogP contribution < -0.4 is 14.2 Å². The molecule has 38 heavy (non-hydrogen) atoms. The van der Waals surface area contributed by atoms with Crippen LogP contribution in [0.15, 0.2) is 97.2 Å². The number of methoxy groups -OCH3 is 1. The maximum atomic E-state index is 13.3. The molecule has 1 N–H and O–H groups in total. The van der Waals surface area contributed by atoms with Crippen LogP contribution in [0.25, 0.3) is 0 Å². The van der Waals surface area contributed by atoms with E-state index in [4.69, 9.17) is 14.2 Å². The molecule has 0 atom stereocenters. The molecule has 0 spiro atoms. The first-order chi connectivity index (χ1) is 18.3. The van der Waals surface area contributed by atoms with Gasteiger partial charge in [0.1, 0.15) is 18.1 Å². The zero-order valence-corrected chi connectivity index (χ0v) is 21.5. The molecule has 3 aromatic carbocycles. The van der Waals surface area contributed by atoms with E-state index in [1.165, 1.54) is 33.2 Å². The predicted octanol–water partition coefficient (Wildman–Crippen LogP) is 5.77. The third kappa shape index (κ3) is 6.18. The van der Waals surface area contributed by atoms with E-state index in [-0.39, 0.29) is 23.0 Å². The second-order valence-corrected chi connectivity index (χ2v) is 9.18. The summed E-state index contributed by atoms with van der Waals surface area (Å²) in [5.41, 5.74) is 1.21. The van der Waals surface area contributed by atoms with Gasteiger partial charge < -0.3 is 19.3 Å². The largest absolute Gasteiger partial charge is 0.497 e. The van der Waals surface area contributed by atoms with Crippen LogP contribution in [0.3, 0.4) is 0 Å². The van der Waals surface area contributed by atoms with Gasteiger partial charge >= 0.3 is 5.97 Å². The molecule has 0 bridgehead atoms. The van der Waals surface area contributed by atoms with E-state index in [0.29, 0.717) is 23.8 Å². The number of pyridine rings is 1. The number of carboxylic acids is 1. The molecule has 0 aliphatic rings. The highest BCUT2D eigenvalue weighted by atomic mass is 16.5. The molecule has 7 heteroatoms. The lowest BCUT2D eigenvalue weighted by Gasteiger charge is -2.23. The van der Waals surface area contributed by atoms with Gasteiger partial charge in [-0.2, -0.15) is 0 Å². The van der Waals surface area contributed by atoms with Crippen molar-refractivity contribution in [3.05, 3.63) is 119 Å². The van der Waals surface area contributed by atoms with Crippen molar-refractivity contribution in [3.63, 3.8) is 0 Å². The van der Waals surface area contributed by atoms with Gasteiger partial charge in [0.05, 0.1) is 12.7 Å². The molecule has 0 aliphatic heterocycles. The van der Waals surface area contributed by atoms with E-state index in [1.54, 1.807) is 24.3 Å². The van der Waals surface area contributed by atoms with Crippen LogP contribution in [-0.2, 0) is 4.79 Å². The molecular formula is C31H29NO6. The molecule has 7 nitrogen and oxygen atoms in total. The SMILES string of the molecule is COc1ccc(C(=O)c2ccc(OCC(c3ccccc3)c3ccccc3)nc2)c(OC(C)(C)C(=O)O)c1. The predicted molar refractivity (Wildman–Crippen MR) is 143 cm³/mol. The van der Waals surface area contributed by atoms with Crippen LogP contribution >= 0.6 is 0 Å². The Labute approximate surface area is 221 Å². The van der Waals surface area contributed by atoms with Crippen LogP contribution in [-0.4, -0.2) is 41.2 Å². The molecule has 0 fully saturated rings. The number of rotatable bonds is 11. The molecule has 0 amide bonds. The lowest BCUT2D eigenvalue weighted by molar-refractivity contribution is -0.152. The van der Waals surface area contributed by atoms with Crippen molar-refractivity contribution >= 4 is 11.8 Å². The zero-order chi connectivity index (χ0) is 27.1. The highest BCUT2D eigenvalue weighted by Crippen LogP contribution is 2.31. The molecule has 4 rings (SSSR count). The van der Waals surface area contributed by atoms with Crippen LogP contribution in [0.2, 0.25) is 0 Å². The lowest BCUT2D eigenvalue weighted by atomic mass is 9.92. The van der Waals surface area contributed by atoms with E-state index >= 15 is 0 Å². The van der Waals surface area contributed by atoms with Gasteiger partial charge in [-0.25, -0.2) is 9.78 Å². The molecule has 194 valence electrons. The summed E-state index contributed by atoms with van der Waals surface area (Å²) in [7, 11) is 1.48. The van der Waals surface area contributed by atoms with E-state index in [2.05, 4.69) is 29.2 Å². The van der Waals surface area contributed by atoms with Gasteiger partial charge in [-0.3, -0.25) is 4.79 Å². The lowest BCUT2D eigenvalue weighted by Crippen LogP contribution is -2.38. The summed E-state index contributed by atoms with van der Waals surface area (Å²) >= 11 is 0. The molecule has 0 saturated heterocycles. The number of carbonyl (C=O) groups is 2. The average molecular weight is 512 g/mol. The molecule has 0 aliphatic carbocycles. The Morgan fingerprint density at radius 1 is 0.895 bits per heavy atom. The Bertz CT molecular complexity index is 1350. The number of aromatic nitrogens is 1. The summed E-state index contributed by atoms with van der Waals surface area (Å²) in [5.74, 6) is -0.587. The first-order valence-corrected chi connectivity index (χ1v) is 12.1. The first kappa shape index (κ1) is 26.4. The van der Waals surface area contributed by atoms with Crippen molar-refractivity contribution in [3.8, 4) is 17.4 Å². The number of nitrogens with zero attached hydrogens (tertiary/aromatic N) is 1. The Morgan fingerprint density at radius 3 is 2.05 bits per heavy atom. The standard InChI is InChI=1S/C31H29NO6/c1-31(2,30(34)35)38-27-18-24(36-3)15-16-25(27)29(33)23-14-17-28(32-19-23)37-20-26(21-10-6-4-7-11-21)22-12-8-5-9-13-22/h4-19,26H,20H2,1-3H3,(H,34,35). The average Bonchev–Trinajstić information content (AvgIpc) is 2.94. The van der Waals surface area contributed by atoms with Crippen molar-refractivity contribution < 1.29 is 28.9 Å². The Morgan fingerprint density at radius 2 is 1.53 bits per heavy atom. The highest BCUT2D eigenvalue weighted by Gasteiger charge is 2.31. The van der Waals surface area contributed by atoms with Gasteiger partial charge in [-0.1, -0.05) is 60.7 Å². The van der Waals surface area contributed by atoms with E-state index in [9.17, 15) is 14.7 Å². The van der Waals surface area contributed by atoms with Crippen LogP contribution in [0.4, 0.5) is 0 Å². The van der Waals surface area contributed by atoms with Crippen LogP contribution in [0.1, 0.15) is 46.8 Å². The number of carbonyl (C=O) groups excluding carboxylic acids is 1. The van der Waals surface area contributed by atoms with Crippen molar-refractivity contribution in [1.29, 1.82) is 0 Å². The topological polar surface area (TPSA) is 95.0 Å². The summed E-state index contributed by atoms with van der Waals surface area (Å²) in [4.78, 5) is 29.3. The van der Waals surface area contributed by atoms with Gasteiger partial charge in [0, 0.05) is 29.8 Å². The Kier molecular flexibility index (Phi) is 8.06. The normalized spacial score (nSPS) is 11.2. The quantitative estimate of drug-likeness (QED) is 0.255. The number of carboxylic acid groups (broad SMARTS) is 1. The second kappa shape index (κ2) is 11.6. The third-order valence-corrected chi connectivity index (χ3v) is 6.11. The van der Waals surface area contributed by atoms with Gasteiger partial charge in [-0.15, -0.1) is 0 Å². The molecule has 1 aromatic heterocycles. The first-order valence-electron chi connectivity index (χ1n) is 12.1.